The van der Waals surface area contributed by atoms with Crippen LogP contribution in [0.2, 0.25) is 0 Å². The summed E-state index contributed by atoms with van der Waals surface area (Å²) in [5.74, 6) is -0.626. The fourth-order valence-electron chi connectivity index (χ4n) is 1.29. The van der Waals surface area contributed by atoms with Crippen LogP contribution < -0.4 is 0 Å². The number of likely N-dealkylation sites (N-methyl/N-ethyl adjacent to an activating group) is 1. The lowest BCUT2D eigenvalue weighted by molar-refractivity contribution is -0.162. The van der Waals surface area contributed by atoms with Gasteiger partial charge in [-0.2, -0.15) is 0 Å². The summed E-state index contributed by atoms with van der Waals surface area (Å²) >= 11 is 0. The zero-order valence-corrected chi connectivity index (χ0v) is 10.1. The largest absolute Gasteiger partial charge is 0.467 e. The number of hydrogen-bond donors (Lipinski definition) is 1. The van der Waals surface area contributed by atoms with E-state index in [4.69, 9.17) is 4.74 Å². The number of carbonyl (C=O) groups is 1. The first-order chi connectivity index (χ1) is 6.85. The number of nitrogens with zero attached hydrogens (tertiary/aromatic N) is 1. The molecule has 0 bridgehead atoms. The summed E-state index contributed by atoms with van der Waals surface area (Å²) in [6, 6.07) is 0.131. The van der Waals surface area contributed by atoms with E-state index in [0.717, 1.165) is 0 Å². The van der Waals surface area contributed by atoms with E-state index in [9.17, 15) is 9.90 Å². The van der Waals surface area contributed by atoms with Gasteiger partial charge in [-0.15, -0.1) is 0 Å². The highest BCUT2D eigenvalue weighted by Crippen LogP contribution is 2.09. The summed E-state index contributed by atoms with van der Waals surface area (Å²) in [5, 5.41) is 9.81. The third kappa shape index (κ3) is 4.59. The predicted octanol–water partition coefficient (Wildman–Crippen LogP) is -0.123. The van der Waals surface area contributed by atoms with Gasteiger partial charge in [0, 0.05) is 19.7 Å². The van der Waals surface area contributed by atoms with E-state index in [0.29, 0.717) is 6.61 Å². The minimum absolute atomic E-state index is 0.131. The zero-order valence-electron chi connectivity index (χ0n) is 10.1. The van der Waals surface area contributed by atoms with Gasteiger partial charge >= 0.3 is 5.97 Å². The summed E-state index contributed by atoms with van der Waals surface area (Å²) in [7, 11) is 4.69. The average molecular weight is 219 g/mol. The Morgan fingerprint density at radius 3 is 2.47 bits per heavy atom. The Labute approximate surface area is 91.0 Å². The van der Waals surface area contributed by atoms with E-state index >= 15 is 0 Å². The van der Waals surface area contributed by atoms with Gasteiger partial charge in [0.2, 0.25) is 0 Å². The topological polar surface area (TPSA) is 59.0 Å². The SMILES string of the molecule is COCC(C)N(C)CC(C)(O)C(=O)OC. The molecule has 0 rings (SSSR count). The Hall–Kier alpha value is -0.650. The molecule has 0 aliphatic rings. The van der Waals surface area contributed by atoms with Crippen LogP contribution in [0, 0.1) is 0 Å². The Morgan fingerprint density at radius 1 is 1.53 bits per heavy atom. The van der Waals surface area contributed by atoms with Crippen molar-refractivity contribution in [2.75, 3.05) is 34.4 Å². The fraction of sp³-hybridized carbons (Fsp3) is 0.900. The van der Waals surface area contributed by atoms with Gasteiger partial charge < -0.3 is 14.6 Å². The molecule has 2 atom stereocenters. The van der Waals surface area contributed by atoms with Crippen molar-refractivity contribution >= 4 is 5.97 Å². The van der Waals surface area contributed by atoms with Crippen molar-refractivity contribution in [3.05, 3.63) is 0 Å². The van der Waals surface area contributed by atoms with Crippen LogP contribution in [-0.2, 0) is 14.3 Å². The van der Waals surface area contributed by atoms with Crippen LogP contribution in [0.25, 0.3) is 0 Å². The van der Waals surface area contributed by atoms with Crippen LogP contribution in [0.4, 0.5) is 0 Å². The first kappa shape index (κ1) is 14.3. The van der Waals surface area contributed by atoms with Gasteiger partial charge in [-0.25, -0.2) is 4.79 Å². The molecule has 0 aromatic heterocycles. The minimum atomic E-state index is -1.48. The first-order valence-electron chi connectivity index (χ1n) is 4.85. The Kier molecular flexibility index (Phi) is 5.79. The molecule has 0 saturated heterocycles. The molecule has 90 valence electrons. The molecule has 0 aliphatic heterocycles. The van der Waals surface area contributed by atoms with Crippen molar-refractivity contribution in [3.63, 3.8) is 0 Å². The molecule has 0 amide bonds. The van der Waals surface area contributed by atoms with Crippen molar-refractivity contribution in [3.8, 4) is 0 Å². The van der Waals surface area contributed by atoms with Crippen molar-refractivity contribution in [1.29, 1.82) is 0 Å². The van der Waals surface area contributed by atoms with E-state index < -0.39 is 11.6 Å². The standard InChI is InChI=1S/C10H21NO4/c1-8(6-14-4)11(3)7-10(2,13)9(12)15-5/h8,13H,6-7H2,1-5H3. The Bertz CT molecular complexity index is 206. The second-order valence-electron chi connectivity index (χ2n) is 3.98. The van der Waals surface area contributed by atoms with Gasteiger partial charge in [0.05, 0.1) is 13.7 Å². The molecule has 0 radical (unpaired) electrons. The van der Waals surface area contributed by atoms with Gasteiger partial charge in [-0.1, -0.05) is 0 Å². The summed E-state index contributed by atoms with van der Waals surface area (Å²) in [6.07, 6.45) is 0. The summed E-state index contributed by atoms with van der Waals surface area (Å²) < 4.78 is 9.50. The van der Waals surface area contributed by atoms with E-state index in [1.165, 1.54) is 14.0 Å². The van der Waals surface area contributed by atoms with E-state index in [2.05, 4.69) is 4.74 Å². The van der Waals surface area contributed by atoms with Gasteiger partial charge in [0.25, 0.3) is 0 Å². The number of methoxy groups -OCH3 is 2. The highest BCUT2D eigenvalue weighted by Gasteiger charge is 2.33. The van der Waals surface area contributed by atoms with Crippen LogP contribution in [0.1, 0.15) is 13.8 Å². The average Bonchev–Trinajstić information content (AvgIpc) is 2.16. The molecule has 0 spiro atoms. The Morgan fingerprint density at radius 2 is 2.07 bits per heavy atom. The molecule has 0 aliphatic carbocycles. The van der Waals surface area contributed by atoms with Crippen LogP contribution in [0.15, 0.2) is 0 Å². The van der Waals surface area contributed by atoms with Gasteiger partial charge in [0.1, 0.15) is 0 Å². The smallest absolute Gasteiger partial charge is 0.338 e. The zero-order chi connectivity index (χ0) is 12.1. The van der Waals surface area contributed by atoms with Crippen molar-refractivity contribution < 1.29 is 19.4 Å². The molecule has 0 heterocycles. The van der Waals surface area contributed by atoms with E-state index in [1.54, 1.807) is 7.11 Å². The Balaban J connectivity index is 4.26. The molecule has 0 aromatic rings. The third-order valence-electron chi connectivity index (χ3n) is 2.34. The van der Waals surface area contributed by atoms with Crippen LogP contribution >= 0.6 is 0 Å². The third-order valence-corrected chi connectivity index (χ3v) is 2.34. The van der Waals surface area contributed by atoms with Crippen molar-refractivity contribution in [2.24, 2.45) is 0 Å². The fourth-order valence-corrected chi connectivity index (χ4v) is 1.29. The van der Waals surface area contributed by atoms with Gasteiger partial charge in [-0.3, -0.25) is 4.90 Å². The number of carbonyl (C=O) groups excluding carboxylic acids is 1. The van der Waals surface area contributed by atoms with Crippen LogP contribution in [0.5, 0.6) is 0 Å². The monoisotopic (exact) mass is 219 g/mol. The number of hydrogen-bond acceptors (Lipinski definition) is 5. The lowest BCUT2D eigenvalue weighted by Gasteiger charge is -2.30. The molecular formula is C10H21NO4. The second kappa shape index (κ2) is 6.05. The summed E-state index contributed by atoms with van der Waals surface area (Å²) in [6.45, 7) is 4.16. The first-order valence-corrected chi connectivity index (χ1v) is 4.85. The number of rotatable bonds is 6. The van der Waals surface area contributed by atoms with Gasteiger partial charge in [-0.05, 0) is 20.9 Å². The molecule has 2 unspecified atom stereocenters. The molecule has 0 aromatic carbocycles. The highest BCUT2D eigenvalue weighted by molar-refractivity contribution is 5.78. The molecular weight excluding hydrogens is 198 g/mol. The predicted molar refractivity (Wildman–Crippen MR) is 56.6 cm³/mol. The molecule has 5 nitrogen and oxygen atoms in total. The van der Waals surface area contributed by atoms with E-state index in [1.807, 2.05) is 18.9 Å². The molecule has 1 N–H and O–H groups in total. The van der Waals surface area contributed by atoms with Crippen molar-refractivity contribution in [1.82, 2.24) is 4.90 Å². The normalized spacial score (nSPS) is 17.3. The molecule has 15 heavy (non-hydrogen) atoms. The number of esters is 1. The maximum Gasteiger partial charge on any atom is 0.338 e. The van der Waals surface area contributed by atoms with E-state index in [-0.39, 0.29) is 12.6 Å². The minimum Gasteiger partial charge on any atom is -0.467 e. The molecule has 5 heteroatoms. The maximum atomic E-state index is 11.2. The summed E-state index contributed by atoms with van der Waals surface area (Å²) in [5.41, 5.74) is -1.48. The lowest BCUT2D eigenvalue weighted by atomic mass is 10.1. The van der Waals surface area contributed by atoms with Crippen LogP contribution in [-0.4, -0.2) is 62.0 Å². The molecule has 0 saturated carbocycles. The maximum absolute atomic E-state index is 11.2. The lowest BCUT2D eigenvalue weighted by Crippen LogP contribution is -2.49. The second-order valence-corrected chi connectivity index (χ2v) is 3.98. The number of ether oxygens (including phenoxy) is 2. The van der Waals surface area contributed by atoms with Crippen molar-refractivity contribution in [2.45, 2.75) is 25.5 Å². The summed E-state index contributed by atoms with van der Waals surface area (Å²) in [4.78, 5) is 13.1. The number of aliphatic hydroxyl groups is 1. The highest BCUT2D eigenvalue weighted by atomic mass is 16.5. The molecule has 0 fully saturated rings. The van der Waals surface area contributed by atoms with Gasteiger partial charge in [0.15, 0.2) is 5.60 Å². The van der Waals surface area contributed by atoms with Crippen LogP contribution in [0.3, 0.4) is 0 Å². The quantitative estimate of drug-likeness (QED) is 0.631.